The lowest BCUT2D eigenvalue weighted by Crippen LogP contribution is -2.11. The Balaban J connectivity index is 1.77. The van der Waals surface area contributed by atoms with E-state index in [2.05, 4.69) is 15.1 Å². The van der Waals surface area contributed by atoms with Crippen LogP contribution in [-0.4, -0.2) is 30.4 Å². The molecule has 0 radical (unpaired) electrons. The Hall–Kier alpha value is -2.39. The van der Waals surface area contributed by atoms with Gasteiger partial charge in [0.15, 0.2) is 0 Å². The molecule has 0 unspecified atom stereocenters. The minimum atomic E-state index is -3.32. The molecule has 3 aromatic rings. The third kappa shape index (κ3) is 3.41. The summed E-state index contributed by atoms with van der Waals surface area (Å²) in [5.74, 6) is -0.209. The first-order valence-corrected chi connectivity index (χ1v) is 9.76. The number of fused-ring (bicyclic) bond motifs is 1. The molecule has 9 heteroatoms. The Labute approximate surface area is 143 Å². The SMILES string of the molecule is Cc1nn(C)c2sc(C(=O)Nc3ccc(NS(C)(=O)=O)cc3)cc12. The smallest absolute Gasteiger partial charge is 0.265 e. The Morgan fingerprint density at radius 2 is 1.83 bits per heavy atom. The van der Waals surface area contributed by atoms with Crippen molar-refractivity contribution < 1.29 is 13.2 Å². The lowest BCUT2D eigenvalue weighted by atomic mass is 10.2. The summed E-state index contributed by atoms with van der Waals surface area (Å²) in [6, 6.07) is 8.31. The second-order valence-corrected chi connectivity index (χ2v) is 8.22. The zero-order valence-electron chi connectivity index (χ0n) is 13.3. The fraction of sp³-hybridized carbons (Fsp3) is 0.200. The number of benzene rings is 1. The van der Waals surface area contributed by atoms with Gasteiger partial charge in [0.1, 0.15) is 4.83 Å². The summed E-state index contributed by atoms with van der Waals surface area (Å²) in [5, 5.41) is 8.09. The van der Waals surface area contributed by atoms with E-state index in [1.165, 1.54) is 11.3 Å². The second kappa shape index (κ2) is 5.91. The van der Waals surface area contributed by atoms with Crippen LogP contribution in [0.5, 0.6) is 0 Å². The maximum atomic E-state index is 12.4. The number of sulfonamides is 1. The summed E-state index contributed by atoms with van der Waals surface area (Å²) in [6.07, 6.45) is 1.08. The van der Waals surface area contributed by atoms with Crippen molar-refractivity contribution in [1.29, 1.82) is 0 Å². The molecule has 0 aliphatic rings. The molecule has 1 amide bonds. The van der Waals surface area contributed by atoms with E-state index >= 15 is 0 Å². The number of amides is 1. The highest BCUT2D eigenvalue weighted by atomic mass is 32.2. The Morgan fingerprint density at radius 1 is 1.21 bits per heavy atom. The molecular formula is C15H16N4O3S2. The molecule has 0 aliphatic carbocycles. The highest BCUT2D eigenvalue weighted by molar-refractivity contribution is 7.92. The molecule has 0 atom stereocenters. The Kier molecular flexibility index (Phi) is 4.06. The zero-order chi connectivity index (χ0) is 17.5. The van der Waals surface area contributed by atoms with E-state index in [0.29, 0.717) is 16.3 Å². The minimum Gasteiger partial charge on any atom is -0.321 e. The molecule has 0 aliphatic heterocycles. The van der Waals surface area contributed by atoms with Gasteiger partial charge in [-0.15, -0.1) is 11.3 Å². The molecule has 2 N–H and O–H groups in total. The van der Waals surface area contributed by atoms with E-state index in [0.717, 1.165) is 22.2 Å². The van der Waals surface area contributed by atoms with E-state index < -0.39 is 10.0 Å². The van der Waals surface area contributed by atoms with Crippen LogP contribution in [-0.2, 0) is 17.1 Å². The number of carbonyl (C=O) groups excluding carboxylic acids is 1. The Morgan fingerprint density at radius 3 is 2.42 bits per heavy atom. The predicted molar refractivity (Wildman–Crippen MR) is 96.2 cm³/mol. The van der Waals surface area contributed by atoms with Crippen LogP contribution in [0.4, 0.5) is 11.4 Å². The summed E-state index contributed by atoms with van der Waals surface area (Å²) < 4.78 is 26.5. The van der Waals surface area contributed by atoms with Crippen molar-refractivity contribution in [3.05, 3.63) is 40.9 Å². The number of thiophene rings is 1. The number of aryl methyl sites for hydroxylation is 2. The number of hydrogen-bond acceptors (Lipinski definition) is 5. The molecule has 7 nitrogen and oxygen atoms in total. The summed E-state index contributed by atoms with van der Waals surface area (Å²) in [4.78, 5) is 13.9. The van der Waals surface area contributed by atoms with Crippen LogP contribution in [0.15, 0.2) is 30.3 Å². The first-order chi connectivity index (χ1) is 11.2. The maximum absolute atomic E-state index is 12.4. The van der Waals surface area contributed by atoms with Crippen LogP contribution < -0.4 is 10.0 Å². The highest BCUT2D eigenvalue weighted by Crippen LogP contribution is 2.28. The van der Waals surface area contributed by atoms with Crippen molar-refractivity contribution in [3.63, 3.8) is 0 Å². The van der Waals surface area contributed by atoms with Crippen LogP contribution in [0.25, 0.3) is 10.2 Å². The molecule has 0 saturated carbocycles. The molecule has 0 bridgehead atoms. The largest absolute Gasteiger partial charge is 0.321 e. The standard InChI is InChI=1S/C15H16N4O3S2/c1-9-12-8-13(23-15(12)19(2)17-9)14(20)16-10-4-6-11(7-5-10)18-24(3,21)22/h4-8,18H,1-3H3,(H,16,20). The third-order valence-corrected chi connectivity index (χ3v) is 5.17. The van der Waals surface area contributed by atoms with Crippen LogP contribution in [0.2, 0.25) is 0 Å². The van der Waals surface area contributed by atoms with E-state index in [-0.39, 0.29) is 5.91 Å². The van der Waals surface area contributed by atoms with E-state index in [4.69, 9.17) is 0 Å². The summed E-state index contributed by atoms with van der Waals surface area (Å²) in [6.45, 7) is 1.91. The molecule has 126 valence electrons. The molecule has 3 rings (SSSR count). The second-order valence-electron chi connectivity index (χ2n) is 5.44. The van der Waals surface area contributed by atoms with Gasteiger partial charge in [-0.2, -0.15) is 5.10 Å². The van der Waals surface area contributed by atoms with Crippen LogP contribution >= 0.6 is 11.3 Å². The first kappa shape index (κ1) is 16.5. The van der Waals surface area contributed by atoms with Gasteiger partial charge in [-0.1, -0.05) is 0 Å². The van der Waals surface area contributed by atoms with Gasteiger partial charge < -0.3 is 5.32 Å². The van der Waals surface area contributed by atoms with Crippen molar-refractivity contribution in [2.24, 2.45) is 7.05 Å². The Bertz CT molecular complexity index is 983. The zero-order valence-corrected chi connectivity index (χ0v) is 15.0. The molecule has 0 spiro atoms. The van der Waals surface area contributed by atoms with Crippen LogP contribution in [0, 0.1) is 6.92 Å². The van der Waals surface area contributed by atoms with Gasteiger partial charge >= 0.3 is 0 Å². The van der Waals surface area contributed by atoms with Gasteiger partial charge in [-0.3, -0.25) is 14.2 Å². The lowest BCUT2D eigenvalue weighted by molar-refractivity contribution is 0.103. The molecule has 2 aromatic heterocycles. The average molecular weight is 364 g/mol. The average Bonchev–Trinajstić information content (AvgIpc) is 3.02. The summed E-state index contributed by atoms with van der Waals surface area (Å²) in [5.41, 5.74) is 1.92. The third-order valence-electron chi connectivity index (χ3n) is 3.37. The van der Waals surface area contributed by atoms with Crippen molar-refractivity contribution in [1.82, 2.24) is 9.78 Å². The molecule has 0 fully saturated rings. The summed E-state index contributed by atoms with van der Waals surface area (Å²) >= 11 is 1.38. The topological polar surface area (TPSA) is 93.1 Å². The van der Waals surface area contributed by atoms with Gasteiger partial charge in [0.05, 0.1) is 16.8 Å². The van der Waals surface area contributed by atoms with Crippen molar-refractivity contribution >= 4 is 48.9 Å². The van der Waals surface area contributed by atoms with Gasteiger partial charge in [-0.05, 0) is 37.3 Å². The molecule has 24 heavy (non-hydrogen) atoms. The number of rotatable bonds is 4. The quantitative estimate of drug-likeness (QED) is 0.744. The number of nitrogens with zero attached hydrogens (tertiary/aromatic N) is 2. The number of carbonyl (C=O) groups is 1. The maximum Gasteiger partial charge on any atom is 0.265 e. The monoisotopic (exact) mass is 364 g/mol. The fourth-order valence-electron chi connectivity index (χ4n) is 2.35. The summed E-state index contributed by atoms with van der Waals surface area (Å²) in [7, 11) is -1.47. The van der Waals surface area contributed by atoms with Crippen molar-refractivity contribution in [2.75, 3.05) is 16.3 Å². The number of nitrogens with one attached hydrogen (secondary N) is 2. The minimum absolute atomic E-state index is 0.209. The van der Waals surface area contributed by atoms with E-state index in [1.54, 1.807) is 28.9 Å². The van der Waals surface area contributed by atoms with Gasteiger partial charge in [0, 0.05) is 23.8 Å². The van der Waals surface area contributed by atoms with Crippen molar-refractivity contribution in [3.8, 4) is 0 Å². The van der Waals surface area contributed by atoms with Crippen molar-refractivity contribution in [2.45, 2.75) is 6.92 Å². The van der Waals surface area contributed by atoms with Gasteiger partial charge in [0.25, 0.3) is 5.91 Å². The number of hydrogen-bond donors (Lipinski definition) is 2. The van der Waals surface area contributed by atoms with Gasteiger partial charge in [-0.25, -0.2) is 8.42 Å². The molecular weight excluding hydrogens is 348 g/mol. The van der Waals surface area contributed by atoms with Gasteiger partial charge in [0.2, 0.25) is 10.0 Å². The first-order valence-electron chi connectivity index (χ1n) is 7.05. The molecule has 0 saturated heterocycles. The normalized spacial score (nSPS) is 11.6. The number of aromatic nitrogens is 2. The number of anilines is 2. The van der Waals surface area contributed by atoms with Crippen LogP contribution in [0.1, 0.15) is 15.4 Å². The fourth-order valence-corrected chi connectivity index (χ4v) is 3.93. The lowest BCUT2D eigenvalue weighted by Gasteiger charge is -2.06. The molecule has 2 heterocycles. The highest BCUT2D eigenvalue weighted by Gasteiger charge is 2.15. The van der Waals surface area contributed by atoms with E-state index in [9.17, 15) is 13.2 Å². The predicted octanol–water partition coefficient (Wildman–Crippen LogP) is 2.57. The van der Waals surface area contributed by atoms with E-state index in [1.807, 2.05) is 20.0 Å². The van der Waals surface area contributed by atoms with Crippen LogP contribution in [0.3, 0.4) is 0 Å². The molecule has 1 aromatic carbocycles.